The van der Waals surface area contributed by atoms with Gasteiger partial charge in [-0.05, 0) is 31.2 Å². The fraction of sp³-hybridized carbons (Fsp3) is 0.571. The van der Waals surface area contributed by atoms with Crippen molar-refractivity contribution in [1.82, 2.24) is 16.0 Å². The van der Waals surface area contributed by atoms with E-state index in [0.717, 1.165) is 31.2 Å². The fourth-order valence-electron chi connectivity index (χ4n) is 3.12. The molecule has 0 saturated carbocycles. The SMILES string of the molecule is CCCCCC1NC(=O)C(CCCCNC(=O)OCc2ccccc2)NC1=O. The van der Waals surface area contributed by atoms with Gasteiger partial charge in [-0.25, -0.2) is 4.79 Å². The minimum absolute atomic E-state index is 0.0942. The lowest BCUT2D eigenvalue weighted by molar-refractivity contribution is -0.137. The summed E-state index contributed by atoms with van der Waals surface area (Å²) < 4.78 is 5.14. The smallest absolute Gasteiger partial charge is 0.407 e. The molecule has 3 amide bonds. The molecule has 1 aliphatic rings. The zero-order chi connectivity index (χ0) is 20.2. The van der Waals surface area contributed by atoms with E-state index < -0.39 is 18.2 Å². The van der Waals surface area contributed by atoms with E-state index in [4.69, 9.17) is 4.74 Å². The van der Waals surface area contributed by atoms with Crippen LogP contribution in [0.1, 0.15) is 57.4 Å². The minimum Gasteiger partial charge on any atom is -0.445 e. The summed E-state index contributed by atoms with van der Waals surface area (Å²) in [5.41, 5.74) is 0.935. The van der Waals surface area contributed by atoms with Gasteiger partial charge in [-0.2, -0.15) is 0 Å². The highest BCUT2D eigenvalue weighted by Gasteiger charge is 2.32. The number of carbonyl (C=O) groups excluding carboxylic acids is 3. The Balaban J connectivity index is 1.56. The zero-order valence-corrected chi connectivity index (χ0v) is 16.5. The summed E-state index contributed by atoms with van der Waals surface area (Å²) in [4.78, 5) is 35.9. The first-order chi connectivity index (χ1) is 13.6. The van der Waals surface area contributed by atoms with Gasteiger partial charge in [0.25, 0.3) is 0 Å². The van der Waals surface area contributed by atoms with E-state index in [2.05, 4.69) is 22.9 Å². The van der Waals surface area contributed by atoms with Gasteiger partial charge in [-0.1, -0.05) is 56.5 Å². The van der Waals surface area contributed by atoms with Crippen LogP contribution in [0.5, 0.6) is 0 Å². The largest absolute Gasteiger partial charge is 0.445 e. The van der Waals surface area contributed by atoms with Gasteiger partial charge in [-0.3, -0.25) is 9.59 Å². The van der Waals surface area contributed by atoms with Crippen molar-refractivity contribution in [3.8, 4) is 0 Å². The molecule has 154 valence electrons. The average molecular weight is 389 g/mol. The number of amides is 3. The van der Waals surface area contributed by atoms with Crippen LogP contribution in [-0.2, 0) is 20.9 Å². The Morgan fingerprint density at radius 1 is 0.964 bits per heavy atom. The number of alkyl carbamates (subject to hydrolysis) is 1. The van der Waals surface area contributed by atoms with Crippen LogP contribution in [0, 0.1) is 0 Å². The average Bonchev–Trinajstić information content (AvgIpc) is 2.70. The summed E-state index contributed by atoms with van der Waals surface area (Å²) in [7, 11) is 0. The van der Waals surface area contributed by atoms with E-state index in [9.17, 15) is 14.4 Å². The molecule has 7 heteroatoms. The first kappa shape index (κ1) is 21.7. The lowest BCUT2D eigenvalue weighted by atomic mass is 10.0. The van der Waals surface area contributed by atoms with Crippen LogP contribution in [0.25, 0.3) is 0 Å². The number of benzene rings is 1. The van der Waals surface area contributed by atoms with Crippen LogP contribution < -0.4 is 16.0 Å². The van der Waals surface area contributed by atoms with Gasteiger partial charge in [0, 0.05) is 6.54 Å². The van der Waals surface area contributed by atoms with Gasteiger partial charge in [-0.15, -0.1) is 0 Å². The molecule has 1 fully saturated rings. The number of nitrogens with one attached hydrogen (secondary N) is 3. The Morgan fingerprint density at radius 2 is 1.57 bits per heavy atom. The second-order valence-electron chi connectivity index (χ2n) is 7.10. The van der Waals surface area contributed by atoms with Crippen molar-refractivity contribution in [2.24, 2.45) is 0 Å². The molecule has 2 unspecified atom stereocenters. The molecule has 1 aromatic rings. The highest BCUT2D eigenvalue weighted by atomic mass is 16.5. The summed E-state index contributed by atoms with van der Waals surface area (Å²) in [6.07, 6.45) is 5.29. The highest BCUT2D eigenvalue weighted by molar-refractivity contribution is 5.96. The van der Waals surface area contributed by atoms with Crippen molar-refractivity contribution in [1.29, 1.82) is 0 Å². The predicted molar refractivity (Wildman–Crippen MR) is 106 cm³/mol. The van der Waals surface area contributed by atoms with Gasteiger partial charge in [0.15, 0.2) is 0 Å². The summed E-state index contributed by atoms with van der Waals surface area (Å²) in [5.74, 6) is -0.209. The quantitative estimate of drug-likeness (QED) is 0.507. The zero-order valence-electron chi connectivity index (χ0n) is 16.5. The van der Waals surface area contributed by atoms with Crippen LogP contribution in [-0.4, -0.2) is 36.5 Å². The molecule has 3 N–H and O–H groups in total. The van der Waals surface area contributed by atoms with Crippen molar-refractivity contribution in [3.05, 3.63) is 35.9 Å². The van der Waals surface area contributed by atoms with E-state index in [1.165, 1.54) is 0 Å². The van der Waals surface area contributed by atoms with E-state index in [1.54, 1.807) is 0 Å². The van der Waals surface area contributed by atoms with Crippen molar-refractivity contribution in [2.45, 2.75) is 70.6 Å². The molecular formula is C21H31N3O4. The Bertz CT molecular complexity index is 636. The molecular weight excluding hydrogens is 358 g/mol. The number of unbranched alkanes of at least 4 members (excludes halogenated alkanes) is 3. The van der Waals surface area contributed by atoms with Gasteiger partial charge in [0.1, 0.15) is 18.7 Å². The third-order valence-electron chi connectivity index (χ3n) is 4.76. The summed E-state index contributed by atoms with van der Waals surface area (Å²) in [6, 6.07) is 8.59. The third-order valence-corrected chi connectivity index (χ3v) is 4.76. The first-order valence-corrected chi connectivity index (χ1v) is 10.2. The van der Waals surface area contributed by atoms with Crippen molar-refractivity contribution < 1.29 is 19.1 Å². The molecule has 7 nitrogen and oxygen atoms in total. The first-order valence-electron chi connectivity index (χ1n) is 10.2. The number of carbonyl (C=O) groups is 3. The van der Waals surface area contributed by atoms with Gasteiger partial charge in [0.2, 0.25) is 11.8 Å². The van der Waals surface area contributed by atoms with Crippen LogP contribution in [0.3, 0.4) is 0 Å². The number of ether oxygens (including phenoxy) is 1. The Morgan fingerprint density at radius 3 is 2.18 bits per heavy atom. The maximum absolute atomic E-state index is 12.2. The molecule has 1 saturated heterocycles. The Labute approximate surface area is 166 Å². The second kappa shape index (κ2) is 12.0. The third kappa shape index (κ3) is 7.58. The van der Waals surface area contributed by atoms with E-state index in [-0.39, 0.29) is 18.4 Å². The monoisotopic (exact) mass is 389 g/mol. The molecule has 0 bridgehead atoms. The summed E-state index contributed by atoms with van der Waals surface area (Å²) in [6.45, 7) is 2.81. The molecule has 1 aliphatic heterocycles. The maximum Gasteiger partial charge on any atom is 0.407 e. The Hall–Kier alpha value is -2.57. The van der Waals surface area contributed by atoms with E-state index >= 15 is 0 Å². The molecule has 0 spiro atoms. The van der Waals surface area contributed by atoms with Gasteiger partial charge >= 0.3 is 6.09 Å². The van der Waals surface area contributed by atoms with Crippen molar-refractivity contribution in [3.63, 3.8) is 0 Å². The molecule has 1 aromatic carbocycles. The molecule has 28 heavy (non-hydrogen) atoms. The lowest BCUT2D eigenvalue weighted by Gasteiger charge is -2.29. The highest BCUT2D eigenvalue weighted by Crippen LogP contribution is 2.10. The van der Waals surface area contributed by atoms with Gasteiger partial charge in [0.05, 0.1) is 0 Å². The van der Waals surface area contributed by atoms with Crippen LogP contribution in [0.2, 0.25) is 0 Å². The minimum atomic E-state index is -0.486. The standard InChI is InChI=1S/C21H31N3O4/c1-2-3-5-12-17-19(25)24-18(20(26)23-17)13-8-9-14-22-21(27)28-15-16-10-6-4-7-11-16/h4,6-7,10-11,17-18H,2-3,5,8-9,12-15H2,1H3,(H,22,27)(H,23,26)(H,24,25). The Kier molecular flexibility index (Phi) is 9.31. The molecule has 0 aliphatic carbocycles. The molecule has 2 rings (SSSR count). The second-order valence-corrected chi connectivity index (χ2v) is 7.10. The molecule has 0 radical (unpaired) electrons. The van der Waals surface area contributed by atoms with E-state index in [0.29, 0.717) is 25.8 Å². The summed E-state index contributed by atoms with van der Waals surface area (Å²) >= 11 is 0. The maximum atomic E-state index is 12.2. The van der Waals surface area contributed by atoms with E-state index in [1.807, 2.05) is 30.3 Å². The predicted octanol–water partition coefficient (Wildman–Crippen LogP) is 2.65. The fourth-order valence-corrected chi connectivity index (χ4v) is 3.12. The topological polar surface area (TPSA) is 96.5 Å². The number of piperazine rings is 1. The van der Waals surface area contributed by atoms with Crippen molar-refractivity contribution >= 4 is 17.9 Å². The van der Waals surface area contributed by atoms with Crippen LogP contribution in [0.15, 0.2) is 30.3 Å². The molecule has 0 aromatic heterocycles. The number of rotatable bonds is 11. The number of hydrogen-bond donors (Lipinski definition) is 3. The molecule has 2 atom stereocenters. The number of hydrogen-bond acceptors (Lipinski definition) is 4. The van der Waals surface area contributed by atoms with Crippen LogP contribution in [0.4, 0.5) is 4.79 Å². The molecule has 1 heterocycles. The van der Waals surface area contributed by atoms with Gasteiger partial charge < -0.3 is 20.7 Å². The summed E-state index contributed by atoms with van der Waals surface area (Å²) in [5, 5.41) is 8.34. The van der Waals surface area contributed by atoms with Crippen LogP contribution >= 0.6 is 0 Å². The van der Waals surface area contributed by atoms with Crippen molar-refractivity contribution in [2.75, 3.05) is 6.54 Å². The normalized spacial score (nSPS) is 18.9. The lowest BCUT2D eigenvalue weighted by Crippen LogP contribution is -2.61.